The van der Waals surface area contributed by atoms with Crippen molar-refractivity contribution in [3.8, 4) is 0 Å². The van der Waals surface area contributed by atoms with E-state index in [1.165, 1.54) is 10.5 Å². The number of likely N-dealkylation sites (N-methyl/N-ethyl adjacent to an activating group) is 1. The van der Waals surface area contributed by atoms with Crippen LogP contribution < -0.4 is 4.90 Å². The zero-order valence-corrected chi connectivity index (χ0v) is 19.3. The van der Waals surface area contributed by atoms with Gasteiger partial charge in [0.2, 0.25) is 0 Å². The summed E-state index contributed by atoms with van der Waals surface area (Å²) < 4.78 is 11.0. The Labute approximate surface area is 194 Å². The van der Waals surface area contributed by atoms with Crippen LogP contribution >= 0.6 is 0 Å². The molecule has 1 aromatic rings. The second kappa shape index (κ2) is 9.06. The van der Waals surface area contributed by atoms with Gasteiger partial charge in [-0.2, -0.15) is 0 Å². The lowest BCUT2D eigenvalue weighted by atomic mass is 9.82. The highest BCUT2D eigenvalue weighted by atomic mass is 16.5. The van der Waals surface area contributed by atoms with Gasteiger partial charge in [-0.25, -0.2) is 9.69 Å². The Morgan fingerprint density at radius 1 is 1.18 bits per heavy atom. The van der Waals surface area contributed by atoms with Gasteiger partial charge in [-0.1, -0.05) is 12.1 Å². The molecule has 0 N–H and O–H groups in total. The maximum atomic E-state index is 14.0. The number of hydrogen-bond acceptors (Lipinski definition) is 6. The van der Waals surface area contributed by atoms with Crippen LogP contribution in [0.25, 0.3) is 0 Å². The van der Waals surface area contributed by atoms with E-state index in [1.807, 2.05) is 25.1 Å². The number of carbonyl (C=O) groups excluding carboxylic acids is 3. The summed E-state index contributed by atoms with van der Waals surface area (Å²) in [6.45, 7) is 6.25. The molecule has 1 aromatic carbocycles. The average molecular weight is 456 g/mol. The highest BCUT2D eigenvalue weighted by Crippen LogP contribution is 2.44. The fourth-order valence-electron chi connectivity index (χ4n) is 5.87. The van der Waals surface area contributed by atoms with Crippen molar-refractivity contribution in [1.29, 1.82) is 0 Å². The molecule has 5 rings (SSSR count). The van der Waals surface area contributed by atoms with Crippen molar-refractivity contribution in [1.82, 2.24) is 9.80 Å². The van der Waals surface area contributed by atoms with Crippen LogP contribution in [0, 0.1) is 5.92 Å². The minimum atomic E-state index is -1.16. The van der Waals surface area contributed by atoms with E-state index in [2.05, 4.69) is 11.0 Å². The molecule has 1 aliphatic carbocycles. The minimum absolute atomic E-state index is 0.278. The minimum Gasteiger partial charge on any atom is -0.460 e. The van der Waals surface area contributed by atoms with Gasteiger partial charge in [-0.05, 0) is 68.6 Å². The van der Waals surface area contributed by atoms with Gasteiger partial charge in [0.05, 0.1) is 5.69 Å². The Kier molecular flexibility index (Phi) is 6.14. The first-order valence-corrected chi connectivity index (χ1v) is 12.2. The van der Waals surface area contributed by atoms with Gasteiger partial charge in [0.15, 0.2) is 5.54 Å². The van der Waals surface area contributed by atoms with Crippen molar-refractivity contribution >= 4 is 24.1 Å². The number of benzene rings is 1. The van der Waals surface area contributed by atoms with E-state index in [4.69, 9.17) is 9.47 Å². The molecule has 0 radical (unpaired) electrons. The van der Waals surface area contributed by atoms with Crippen molar-refractivity contribution in [2.75, 3.05) is 44.3 Å². The summed E-state index contributed by atoms with van der Waals surface area (Å²) in [5, 5.41) is 0. The van der Waals surface area contributed by atoms with E-state index in [0.717, 1.165) is 45.4 Å². The molecule has 8 heteroatoms. The Hall–Kier alpha value is -2.45. The second-order valence-electron chi connectivity index (χ2n) is 9.75. The van der Waals surface area contributed by atoms with Crippen LogP contribution in [0.4, 0.5) is 10.5 Å². The molecule has 4 aliphatic rings. The first-order chi connectivity index (χ1) is 16.1. The molecule has 2 atom stereocenters. The topological polar surface area (TPSA) is 79.4 Å². The van der Waals surface area contributed by atoms with E-state index in [-0.39, 0.29) is 11.9 Å². The Bertz CT molecular complexity index is 913. The van der Waals surface area contributed by atoms with Gasteiger partial charge in [0, 0.05) is 39.4 Å². The standard InChI is InChI=1S/C25H33N3O5/c1-2-27-24(31)28(21-5-3-4-20(14-21)19-6-7-19)23(30)25(27)10-11-26(16-22(25)33-17-29)15-18-8-12-32-13-9-18/h3-5,14,17-19,22H,2,6-13,15-16H2,1H3. The number of rotatable bonds is 7. The molecular weight excluding hydrogens is 422 g/mol. The molecule has 178 valence electrons. The summed E-state index contributed by atoms with van der Waals surface area (Å²) in [7, 11) is 0. The fourth-order valence-corrected chi connectivity index (χ4v) is 5.87. The Balaban J connectivity index is 1.42. The van der Waals surface area contributed by atoms with Gasteiger partial charge in [-0.15, -0.1) is 0 Å². The molecule has 3 aliphatic heterocycles. The third-order valence-electron chi connectivity index (χ3n) is 7.81. The van der Waals surface area contributed by atoms with Gasteiger partial charge in [0.25, 0.3) is 12.4 Å². The van der Waals surface area contributed by atoms with Crippen LogP contribution in [-0.2, 0) is 19.1 Å². The molecule has 3 heterocycles. The van der Waals surface area contributed by atoms with Crippen molar-refractivity contribution in [2.24, 2.45) is 5.92 Å². The number of likely N-dealkylation sites (tertiary alicyclic amines) is 1. The number of hydrogen-bond donors (Lipinski definition) is 0. The van der Waals surface area contributed by atoms with E-state index < -0.39 is 11.6 Å². The summed E-state index contributed by atoms with van der Waals surface area (Å²) in [4.78, 5) is 44.2. The molecule has 2 unspecified atom stereocenters. The second-order valence-corrected chi connectivity index (χ2v) is 9.75. The van der Waals surface area contributed by atoms with E-state index in [0.29, 0.717) is 50.1 Å². The van der Waals surface area contributed by atoms with E-state index in [9.17, 15) is 14.4 Å². The van der Waals surface area contributed by atoms with Gasteiger partial charge in [-0.3, -0.25) is 14.5 Å². The predicted octanol–water partition coefficient (Wildman–Crippen LogP) is 2.77. The molecule has 4 fully saturated rings. The number of urea groups is 1. The lowest BCUT2D eigenvalue weighted by Gasteiger charge is -2.47. The number of amides is 3. The van der Waals surface area contributed by atoms with Crippen molar-refractivity contribution < 1.29 is 23.9 Å². The molecule has 1 saturated carbocycles. The molecule has 0 aromatic heterocycles. The first-order valence-electron chi connectivity index (χ1n) is 12.2. The summed E-state index contributed by atoms with van der Waals surface area (Å²) >= 11 is 0. The third-order valence-corrected chi connectivity index (χ3v) is 7.81. The van der Waals surface area contributed by atoms with E-state index >= 15 is 0 Å². The Morgan fingerprint density at radius 2 is 1.97 bits per heavy atom. The van der Waals surface area contributed by atoms with Crippen LogP contribution in [0.3, 0.4) is 0 Å². The predicted molar refractivity (Wildman–Crippen MR) is 122 cm³/mol. The van der Waals surface area contributed by atoms with Crippen LogP contribution in [0.5, 0.6) is 0 Å². The van der Waals surface area contributed by atoms with E-state index in [1.54, 1.807) is 4.90 Å². The summed E-state index contributed by atoms with van der Waals surface area (Å²) in [5.74, 6) is 0.781. The smallest absolute Gasteiger partial charge is 0.332 e. The van der Waals surface area contributed by atoms with Gasteiger partial charge >= 0.3 is 6.03 Å². The summed E-state index contributed by atoms with van der Waals surface area (Å²) in [6.07, 6.45) is 4.08. The van der Waals surface area contributed by atoms with Crippen LogP contribution in [0.2, 0.25) is 0 Å². The van der Waals surface area contributed by atoms with Crippen molar-refractivity contribution in [2.45, 2.75) is 56.6 Å². The number of anilines is 1. The normalized spacial score (nSPS) is 29.2. The van der Waals surface area contributed by atoms with Crippen molar-refractivity contribution in [3.05, 3.63) is 29.8 Å². The number of imide groups is 1. The van der Waals surface area contributed by atoms with Crippen LogP contribution in [0.15, 0.2) is 24.3 Å². The molecular formula is C25H33N3O5. The highest BCUT2D eigenvalue weighted by Gasteiger charge is 2.63. The molecule has 0 bridgehead atoms. The zero-order valence-electron chi connectivity index (χ0n) is 19.3. The number of nitrogens with zero attached hydrogens (tertiary/aromatic N) is 3. The monoisotopic (exact) mass is 455 g/mol. The van der Waals surface area contributed by atoms with Crippen molar-refractivity contribution in [3.63, 3.8) is 0 Å². The van der Waals surface area contributed by atoms with Gasteiger partial charge in [0.1, 0.15) is 6.10 Å². The first kappa shape index (κ1) is 22.3. The summed E-state index contributed by atoms with van der Waals surface area (Å²) in [5.41, 5.74) is 0.623. The highest BCUT2D eigenvalue weighted by molar-refractivity contribution is 6.23. The maximum Gasteiger partial charge on any atom is 0.332 e. The number of piperidine rings is 1. The van der Waals surface area contributed by atoms with Crippen LogP contribution in [-0.4, -0.2) is 79.2 Å². The quantitative estimate of drug-likeness (QED) is 0.465. The molecule has 1 spiro atoms. The Morgan fingerprint density at radius 3 is 2.67 bits per heavy atom. The number of ether oxygens (including phenoxy) is 2. The lowest BCUT2D eigenvalue weighted by molar-refractivity contribution is -0.154. The molecule has 8 nitrogen and oxygen atoms in total. The molecule has 33 heavy (non-hydrogen) atoms. The summed E-state index contributed by atoms with van der Waals surface area (Å²) in [6, 6.07) is 7.45. The van der Waals surface area contributed by atoms with Gasteiger partial charge < -0.3 is 14.4 Å². The molecule has 3 amide bonds. The SMILES string of the molecule is CCN1C(=O)N(c2cccc(C3CC3)c2)C(=O)C12CCN(CC1CCOCC1)CC2OC=O. The van der Waals surface area contributed by atoms with Crippen LogP contribution in [0.1, 0.15) is 50.5 Å². The fraction of sp³-hybridized carbons (Fsp3) is 0.640. The zero-order chi connectivity index (χ0) is 23.0. The average Bonchev–Trinajstić information content (AvgIpc) is 3.65. The third kappa shape index (κ3) is 3.93. The largest absolute Gasteiger partial charge is 0.460 e. The maximum absolute atomic E-state index is 14.0. The lowest BCUT2D eigenvalue weighted by Crippen LogP contribution is -2.66. The number of carbonyl (C=O) groups is 3. The molecule has 3 saturated heterocycles.